The fraction of sp³-hybridized carbons (Fsp3) is 0.455. The topological polar surface area (TPSA) is 55.4 Å². The van der Waals surface area contributed by atoms with Crippen LogP contribution in [0.4, 0.5) is 8.78 Å². The molecule has 0 amide bonds. The van der Waals surface area contributed by atoms with Crippen molar-refractivity contribution in [3.8, 4) is 0 Å². The van der Waals surface area contributed by atoms with Crippen LogP contribution in [0.5, 0.6) is 0 Å². The van der Waals surface area contributed by atoms with E-state index in [1.54, 1.807) is 0 Å². The average Bonchev–Trinajstić information content (AvgIpc) is 2.28. The van der Waals surface area contributed by atoms with Gasteiger partial charge in [0.15, 0.2) is 4.90 Å². The molecule has 4 nitrogen and oxygen atoms in total. The number of rotatable bonds is 7. The molecule has 0 aliphatic heterocycles. The fourth-order valence-electron chi connectivity index (χ4n) is 1.34. The molecule has 1 rings (SSSR count). The molecule has 0 spiro atoms. The van der Waals surface area contributed by atoms with Gasteiger partial charge in [-0.2, -0.15) is 0 Å². The van der Waals surface area contributed by atoms with E-state index in [1.165, 1.54) is 0 Å². The normalized spacial score (nSPS) is 11.7. The van der Waals surface area contributed by atoms with E-state index in [-0.39, 0.29) is 6.54 Å². The van der Waals surface area contributed by atoms with Gasteiger partial charge in [0.2, 0.25) is 10.0 Å². The lowest BCUT2D eigenvalue weighted by Crippen LogP contribution is -2.27. The molecule has 7 heteroatoms. The van der Waals surface area contributed by atoms with Crippen molar-refractivity contribution in [2.45, 2.75) is 18.2 Å². The highest BCUT2D eigenvalue weighted by Crippen LogP contribution is 2.17. The lowest BCUT2D eigenvalue weighted by Gasteiger charge is -2.08. The highest BCUT2D eigenvalue weighted by Gasteiger charge is 2.22. The highest BCUT2D eigenvalue weighted by molar-refractivity contribution is 7.89. The molecule has 0 aliphatic carbocycles. The Bertz CT molecular complexity index is 471. The zero-order valence-electron chi connectivity index (χ0n) is 9.95. The van der Waals surface area contributed by atoms with Gasteiger partial charge < -0.3 is 4.74 Å². The predicted molar refractivity (Wildman–Crippen MR) is 62.7 cm³/mol. The van der Waals surface area contributed by atoms with Crippen LogP contribution in [0.15, 0.2) is 23.1 Å². The first-order valence-electron chi connectivity index (χ1n) is 5.50. The first kappa shape index (κ1) is 15.0. The first-order chi connectivity index (χ1) is 8.49. The monoisotopic (exact) mass is 279 g/mol. The Morgan fingerprint density at radius 1 is 1.28 bits per heavy atom. The number of nitrogens with one attached hydrogen (secondary N) is 1. The molecule has 1 aromatic rings. The molecule has 0 radical (unpaired) electrons. The summed E-state index contributed by atoms with van der Waals surface area (Å²) in [6.07, 6.45) is 0.434. The Labute approximate surface area is 105 Å². The first-order valence-corrected chi connectivity index (χ1v) is 6.98. The van der Waals surface area contributed by atoms with E-state index < -0.39 is 26.6 Å². The van der Waals surface area contributed by atoms with Gasteiger partial charge in [0.25, 0.3) is 0 Å². The smallest absolute Gasteiger partial charge is 0.246 e. The van der Waals surface area contributed by atoms with Crippen molar-refractivity contribution < 1.29 is 21.9 Å². The molecular weight excluding hydrogens is 264 g/mol. The van der Waals surface area contributed by atoms with E-state index >= 15 is 0 Å². The molecule has 0 unspecified atom stereocenters. The maximum absolute atomic E-state index is 13.3. The van der Waals surface area contributed by atoms with Gasteiger partial charge in [0.1, 0.15) is 11.6 Å². The maximum Gasteiger partial charge on any atom is 0.246 e. The van der Waals surface area contributed by atoms with Crippen molar-refractivity contribution in [1.29, 1.82) is 0 Å². The van der Waals surface area contributed by atoms with Gasteiger partial charge in [-0.15, -0.1) is 0 Å². The van der Waals surface area contributed by atoms with Gasteiger partial charge in [-0.05, 0) is 25.5 Å². The number of hydrogen-bond acceptors (Lipinski definition) is 3. The standard InChI is InChI=1S/C11H15F2NO3S/c1-2-17-8-4-7-14-18(15,16)11-9(12)5-3-6-10(11)13/h3,5-6,14H,2,4,7-8H2,1H3. The number of benzene rings is 1. The van der Waals surface area contributed by atoms with Gasteiger partial charge in [0, 0.05) is 19.8 Å². The summed E-state index contributed by atoms with van der Waals surface area (Å²) < 4.78 is 57.1. The number of hydrogen-bond donors (Lipinski definition) is 1. The third-order valence-electron chi connectivity index (χ3n) is 2.15. The van der Waals surface area contributed by atoms with E-state index in [9.17, 15) is 17.2 Å². The molecule has 18 heavy (non-hydrogen) atoms. The van der Waals surface area contributed by atoms with E-state index in [4.69, 9.17) is 4.74 Å². The summed E-state index contributed by atoms with van der Waals surface area (Å²) in [5.74, 6) is -2.21. The summed E-state index contributed by atoms with van der Waals surface area (Å²) in [4.78, 5) is -0.943. The Balaban J connectivity index is 2.69. The van der Waals surface area contributed by atoms with Crippen LogP contribution in [0.1, 0.15) is 13.3 Å². The van der Waals surface area contributed by atoms with Crippen LogP contribution in [-0.2, 0) is 14.8 Å². The molecule has 1 N–H and O–H groups in total. The van der Waals surface area contributed by atoms with Crippen LogP contribution in [0.2, 0.25) is 0 Å². The average molecular weight is 279 g/mol. The molecule has 0 atom stereocenters. The Hall–Kier alpha value is -1.05. The lowest BCUT2D eigenvalue weighted by atomic mass is 10.3. The van der Waals surface area contributed by atoms with Gasteiger partial charge in [0.05, 0.1) is 0 Å². The Kier molecular flexibility index (Phi) is 5.64. The van der Waals surface area contributed by atoms with Gasteiger partial charge >= 0.3 is 0 Å². The molecular formula is C11H15F2NO3S. The number of halogens is 2. The summed E-state index contributed by atoms with van der Waals surface area (Å²) in [7, 11) is -4.16. The maximum atomic E-state index is 13.3. The molecule has 0 bridgehead atoms. The Morgan fingerprint density at radius 2 is 1.89 bits per heavy atom. The summed E-state index contributed by atoms with van der Waals surface area (Å²) in [6, 6.07) is 2.91. The van der Waals surface area contributed by atoms with Gasteiger partial charge in [-0.3, -0.25) is 0 Å². The molecule has 0 heterocycles. The molecule has 0 aliphatic rings. The summed E-state index contributed by atoms with van der Waals surface area (Å²) >= 11 is 0. The van der Waals surface area contributed by atoms with Crippen molar-refractivity contribution in [3.05, 3.63) is 29.8 Å². The zero-order valence-corrected chi connectivity index (χ0v) is 10.8. The summed E-state index contributed by atoms with van der Waals surface area (Å²) in [5.41, 5.74) is 0. The van der Waals surface area contributed by atoms with Crippen molar-refractivity contribution in [2.24, 2.45) is 0 Å². The van der Waals surface area contributed by atoms with Gasteiger partial charge in [-0.25, -0.2) is 21.9 Å². The second-order valence-electron chi connectivity index (χ2n) is 3.50. The van der Waals surface area contributed by atoms with E-state index in [0.29, 0.717) is 19.6 Å². The van der Waals surface area contributed by atoms with Crippen LogP contribution in [-0.4, -0.2) is 28.2 Å². The number of ether oxygens (including phenoxy) is 1. The van der Waals surface area contributed by atoms with E-state index in [0.717, 1.165) is 18.2 Å². The predicted octanol–water partition coefficient (Wildman–Crippen LogP) is 1.67. The molecule has 1 aromatic carbocycles. The van der Waals surface area contributed by atoms with E-state index in [1.807, 2.05) is 6.92 Å². The van der Waals surface area contributed by atoms with Crippen molar-refractivity contribution in [1.82, 2.24) is 4.72 Å². The van der Waals surface area contributed by atoms with Crippen molar-refractivity contribution >= 4 is 10.0 Å². The van der Waals surface area contributed by atoms with Crippen molar-refractivity contribution in [2.75, 3.05) is 19.8 Å². The quantitative estimate of drug-likeness (QED) is 0.772. The second-order valence-corrected chi connectivity index (χ2v) is 5.20. The minimum atomic E-state index is -4.16. The summed E-state index contributed by atoms with van der Waals surface area (Å²) in [5, 5.41) is 0. The SMILES string of the molecule is CCOCCCNS(=O)(=O)c1c(F)cccc1F. The molecule has 0 saturated carbocycles. The second kappa shape index (κ2) is 6.77. The highest BCUT2D eigenvalue weighted by atomic mass is 32.2. The third-order valence-corrected chi connectivity index (χ3v) is 3.66. The molecule has 0 saturated heterocycles. The molecule has 0 aromatic heterocycles. The fourth-order valence-corrected chi connectivity index (χ4v) is 2.54. The minimum absolute atomic E-state index is 0.0656. The van der Waals surface area contributed by atoms with Crippen LogP contribution < -0.4 is 4.72 Å². The van der Waals surface area contributed by atoms with Gasteiger partial charge in [-0.1, -0.05) is 6.07 Å². The van der Waals surface area contributed by atoms with E-state index in [2.05, 4.69) is 4.72 Å². The molecule has 0 fully saturated rings. The summed E-state index contributed by atoms with van der Waals surface area (Å²) in [6.45, 7) is 2.81. The van der Waals surface area contributed by atoms with Crippen LogP contribution in [0.25, 0.3) is 0 Å². The third kappa shape index (κ3) is 4.01. The lowest BCUT2D eigenvalue weighted by molar-refractivity contribution is 0.146. The Morgan fingerprint density at radius 3 is 2.44 bits per heavy atom. The van der Waals surface area contributed by atoms with Crippen LogP contribution in [0.3, 0.4) is 0 Å². The molecule has 102 valence electrons. The minimum Gasteiger partial charge on any atom is -0.382 e. The van der Waals surface area contributed by atoms with Crippen LogP contribution in [0, 0.1) is 11.6 Å². The number of sulfonamides is 1. The zero-order chi connectivity index (χ0) is 13.6. The van der Waals surface area contributed by atoms with Crippen LogP contribution >= 0.6 is 0 Å². The van der Waals surface area contributed by atoms with Crippen molar-refractivity contribution in [3.63, 3.8) is 0 Å². The largest absolute Gasteiger partial charge is 0.382 e.